The first-order chi connectivity index (χ1) is 17.8. The third-order valence-electron chi connectivity index (χ3n) is 6.63. The van der Waals surface area contributed by atoms with Crippen molar-refractivity contribution in [3.8, 4) is 0 Å². The number of hydrogen-bond acceptors (Lipinski definition) is 6. The van der Waals surface area contributed by atoms with Crippen LogP contribution in [0.2, 0.25) is 0 Å². The number of carboxylic acid groups (broad SMARTS) is 1. The van der Waals surface area contributed by atoms with Gasteiger partial charge in [0, 0.05) is 17.1 Å². The molecule has 11 nitrogen and oxygen atoms in total. The molecule has 0 aliphatic heterocycles. The van der Waals surface area contributed by atoms with Crippen molar-refractivity contribution in [3.05, 3.63) is 36.0 Å². The van der Waals surface area contributed by atoms with E-state index in [0.717, 1.165) is 16.5 Å². The maximum Gasteiger partial charge on any atom is 0.326 e. The summed E-state index contributed by atoms with van der Waals surface area (Å²) in [4.78, 5) is 53.8. The normalized spacial score (nSPS) is 16.2. The number of nitrogens with one attached hydrogen (secondary N) is 4. The molecule has 6 unspecified atom stereocenters. The summed E-state index contributed by atoms with van der Waals surface area (Å²) in [5.74, 6) is -3.56. The zero-order valence-corrected chi connectivity index (χ0v) is 22.7. The first kappa shape index (κ1) is 30.8. The van der Waals surface area contributed by atoms with Crippen LogP contribution < -0.4 is 21.7 Å². The maximum absolute atomic E-state index is 13.1. The van der Waals surface area contributed by atoms with Crippen LogP contribution in [-0.4, -0.2) is 69.2 Å². The number of para-hydroxylation sites is 1. The highest BCUT2D eigenvalue weighted by Gasteiger charge is 2.33. The third kappa shape index (κ3) is 8.29. The topological polar surface area (TPSA) is 187 Å². The lowest BCUT2D eigenvalue weighted by molar-refractivity contribution is -0.144. The molecule has 2 rings (SSSR count). The van der Waals surface area contributed by atoms with Gasteiger partial charge >= 0.3 is 5.97 Å². The zero-order valence-electron chi connectivity index (χ0n) is 22.7. The molecule has 0 saturated heterocycles. The molecule has 0 saturated carbocycles. The highest BCUT2D eigenvalue weighted by molar-refractivity contribution is 5.94. The second-order valence-corrected chi connectivity index (χ2v) is 10.3. The third-order valence-corrected chi connectivity index (χ3v) is 6.63. The fraction of sp³-hybridized carbons (Fsp3) is 0.556. The predicted octanol–water partition coefficient (Wildman–Crippen LogP) is 1.05. The number of rotatable bonds is 14. The minimum absolute atomic E-state index is 0.0119. The number of aromatic amines is 1. The number of fused-ring (bicyclic) bond motifs is 1. The van der Waals surface area contributed by atoms with Crippen LogP contribution in [0.5, 0.6) is 0 Å². The van der Waals surface area contributed by atoms with E-state index >= 15 is 0 Å². The van der Waals surface area contributed by atoms with Crippen molar-refractivity contribution in [1.29, 1.82) is 0 Å². The number of aliphatic carboxylic acids is 1. The molecule has 11 heteroatoms. The molecule has 2 aromatic rings. The van der Waals surface area contributed by atoms with Gasteiger partial charge in [-0.3, -0.25) is 14.4 Å². The van der Waals surface area contributed by atoms with Crippen molar-refractivity contribution in [1.82, 2.24) is 20.9 Å². The average Bonchev–Trinajstić information content (AvgIpc) is 3.26. The lowest BCUT2D eigenvalue weighted by atomic mass is 9.97. The Kier molecular flexibility index (Phi) is 11.3. The largest absolute Gasteiger partial charge is 0.480 e. The number of carbonyl (C=O) groups is 4. The standard InChI is InChI=1S/C27H41N5O6/c1-6-15(4)22(27(37)38)31-25(35)21(11-14(2)3)30-26(36)23(16(5)33)32-24(34)19(28)12-17-13-29-20-10-8-7-9-18(17)20/h7-10,13-16,19,21-23,29,33H,6,11-12,28H2,1-5H3,(H,30,36)(H,31,35)(H,32,34)(H,37,38). The van der Waals surface area contributed by atoms with Crippen molar-refractivity contribution in [2.24, 2.45) is 17.6 Å². The molecule has 1 heterocycles. The summed E-state index contributed by atoms with van der Waals surface area (Å²) >= 11 is 0. The fourth-order valence-electron chi connectivity index (χ4n) is 4.20. The van der Waals surface area contributed by atoms with Crippen LogP contribution >= 0.6 is 0 Å². The average molecular weight is 532 g/mol. The van der Waals surface area contributed by atoms with E-state index in [1.54, 1.807) is 13.1 Å². The Morgan fingerprint density at radius 3 is 2.16 bits per heavy atom. The van der Waals surface area contributed by atoms with Gasteiger partial charge in [0.05, 0.1) is 12.1 Å². The van der Waals surface area contributed by atoms with Crippen molar-refractivity contribution >= 4 is 34.6 Å². The van der Waals surface area contributed by atoms with E-state index < -0.39 is 54.0 Å². The first-order valence-corrected chi connectivity index (χ1v) is 13.0. The second-order valence-electron chi connectivity index (χ2n) is 10.3. The summed E-state index contributed by atoms with van der Waals surface area (Å²) < 4.78 is 0. The van der Waals surface area contributed by atoms with E-state index in [0.29, 0.717) is 6.42 Å². The lowest BCUT2D eigenvalue weighted by Gasteiger charge is -2.28. The van der Waals surface area contributed by atoms with Crippen molar-refractivity contribution in [2.75, 3.05) is 0 Å². The Hall–Kier alpha value is -3.44. The second kappa shape index (κ2) is 13.9. The van der Waals surface area contributed by atoms with Gasteiger partial charge in [-0.2, -0.15) is 0 Å². The fourth-order valence-corrected chi connectivity index (χ4v) is 4.20. The monoisotopic (exact) mass is 531 g/mol. The molecule has 0 radical (unpaired) electrons. The van der Waals surface area contributed by atoms with Crippen LogP contribution in [0, 0.1) is 11.8 Å². The molecule has 1 aromatic heterocycles. The molecule has 3 amide bonds. The lowest BCUT2D eigenvalue weighted by Crippen LogP contribution is -2.60. The predicted molar refractivity (Wildman–Crippen MR) is 144 cm³/mol. The summed E-state index contributed by atoms with van der Waals surface area (Å²) in [5.41, 5.74) is 7.87. The Labute approximate surface area is 222 Å². The van der Waals surface area contributed by atoms with E-state index in [9.17, 15) is 29.4 Å². The zero-order chi connectivity index (χ0) is 28.6. The molecule has 0 fully saturated rings. The molecule has 210 valence electrons. The van der Waals surface area contributed by atoms with Crippen LogP contribution in [0.1, 0.15) is 53.0 Å². The van der Waals surface area contributed by atoms with Crippen molar-refractivity contribution < 1.29 is 29.4 Å². The molecule has 0 aliphatic carbocycles. The van der Waals surface area contributed by atoms with Crippen LogP contribution in [0.15, 0.2) is 30.5 Å². The van der Waals surface area contributed by atoms with Crippen molar-refractivity contribution in [3.63, 3.8) is 0 Å². The quantitative estimate of drug-likeness (QED) is 0.190. The summed E-state index contributed by atoms with van der Waals surface area (Å²) in [7, 11) is 0. The molecule has 38 heavy (non-hydrogen) atoms. The van der Waals surface area contributed by atoms with E-state index in [-0.39, 0.29) is 24.7 Å². The van der Waals surface area contributed by atoms with E-state index in [1.807, 2.05) is 45.0 Å². The van der Waals surface area contributed by atoms with Gasteiger partial charge in [0.2, 0.25) is 17.7 Å². The van der Waals surface area contributed by atoms with Gasteiger partial charge in [-0.15, -0.1) is 0 Å². The maximum atomic E-state index is 13.1. The molecular formula is C27H41N5O6. The molecule has 0 bridgehead atoms. The molecule has 0 aliphatic rings. The van der Waals surface area contributed by atoms with Gasteiger partial charge in [-0.05, 0) is 43.2 Å². The SMILES string of the molecule is CCC(C)C(NC(=O)C(CC(C)C)NC(=O)C(NC(=O)C(N)Cc1c[nH]c2ccccc12)C(C)O)C(=O)O. The number of amides is 3. The van der Waals surface area contributed by atoms with Crippen LogP contribution in [0.3, 0.4) is 0 Å². The Bertz CT molecular complexity index is 1110. The minimum atomic E-state index is -1.37. The highest BCUT2D eigenvalue weighted by Crippen LogP contribution is 2.19. The van der Waals surface area contributed by atoms with Gasteiger partial charge in [-0.25, -0.2) is 4.79 Å². The number of aliphatic hydroxyl groups excluding tert-OH is 1. The first-order valence-electron chi connectivity index (χ1n) is 13.0. The van der Waals surface area contributed by atoms with E-state index in [1.165, 1.54) is 6.92 Å². The van der Waals surface area contributed by atoms with E-state index in [2.05, 4.69) is 20.9 Å². The highest BCUT2D eigenvalue weighted by atomic mass is 16.4. The van der Waals surface area contributed by atoms with Crippen molar-refractivity contribution in [2.45, 2.75) is 84.2 Å². The number of H-pyrrole nitrogens is 1. The van der Waals surface area contributed by atoms with Gasteiger partial charge in [-0.1, -0.05) is 52.3 Å². The Morgan fingerprint density at radius 1 is 0.947 bits per heavy atom. The molecule has 1 aromatic carbocycles. The summed E-state index contributed by atoms with van der Waals surface area (Å²) in [6.45, 7) is 8.59. The van der Waals surface area contributed by atoms with E-state index in [4.69, 9.17) is 5.73 Å². The molecule has 0 spiro atoms. The van der Waals surface area contributed by atoms with Gasteiger partial charge < -0.3 is 36.9 Å². The van der Waals surface area contributed by atoms with Crippen LogP contribution in [-0.2, 0) is 25.6 Å². The number of nitrogens with two attached hydrogens (primary N) is 1. The Balaban J connectivity index is 2.11. The summed E-state index contributed by atoms with van der Waals surface area (Å²) in [6, 6.07) is 3.04. The molecule has 6 atom stereocenters. The van der Waals surface area contributed by atoms with Crippen LogP contribution in [0.25, 0.3) is 10.9 Å². The summed E-state index contributed by atoms with van der Waals surface area (Å²) in [5, 5.41) is 28.3. The number of aliphatic hydroxyl groups is 1. The number of hydrogen-bond donors (Lipinski definition) is 7. The van der Waals surface area contributed by atoms with Gasteiger partial charge in [0.25, 0.3) is 0 Å². The molecule has 8 N–H and O–H groups in total. The number of benzene rings is 1. The van der Waals surface area contributed by atoms with Gasteiger partial charge in [0.15, 0.2) is 0 Å². The molecular weight excluding hydrogens is 490 g/mol. The van der Waals surface area contributed by atoms with Crippen LogP contribution in [0.4, 0.5) is 0 Å². The number of carbonyl (C=O) groups excluding carboxylic acids is 3. The van der Waals surface area contributed by atoms with Gasteiger partial charge in [0.1, 0.15) is 18.1 Å². The number of aromatic nitrogens is 1. The Morgan fingerprint density at radius 2 is 1.58 bits per heavy atom. The minimum Gasteiger partial charge on any atom is -0.480 e. The smallest absolute Gasteiger partial charge is 0.326 e. The number of carboxylic acids is 1. The summed E-state index contributed by atoms with van der Waals surface area (Å²) in [6.07, 6.45) is 1.46.